The highest BCUT2D eigenvalue weighted by molar-refractivity contribution is 5.85. The minimum absolute atomic E-state index is 0.0555. The van der Waals surface area contributed by atoms with Gasteiger partial charge in [-0.15, -0.1) is 0 Å². The van der Waals surface area contributed by atoms with Gasteiger partial charge in [0.1, 0.15) is 12.0 Å². The van der Waals surface area contributed by atoms with Gasteiger partial charge in [-0.3, -0.25) is 4.79 Å². The summed E-state index contributed by atoms with van der Waals surface area (Å²) < 4.78 is 5.03. The van der Waals surface area contributed by atoms with Crippen molar-refractivity contribution in [1.29, 1.82) is 0 Å². The normalized spacial score (nSPS) is 11.5. The van der Waals surface area contributed by atoms with Crippen molar-refractivity contribution in [3.63, 3.8) is 0 Å². The number of carbonyl (C=O) groups is 1. The highest BCUT2D eigenvalue weighted by Gasteiger charge is 2.30. The molecule has 0 aliphatic carbocycles. The van der Waals surface area contributed by atoms with Crippen molar-refractivity contribution in [2.24, 2.45) is 0 Å². The molecule has 0 saturated heterocycles. The average molecular weight is 153 g/mol. The topological polar surface area (TPSA) is 43.1 Å². The molecule has 0 N–H and O–H groups in total. The van der Waals surface area contributed by atoms with Crippen molar-refractivity contribution in [2.75, 3.05) is 0 Å². The fraction of sp³-hybridized carbons (Fsp3) is 0.500. The van der Waals surface area contributed by atoms with E-state index in [0.29, 0.717) is 5.89 Å². The van der Waals surface area contributed by atoms with E-state index in [1.807, 2.05) is 0 Å². The highest BCUT2D eigenvalue weighted by atomic mass is 16.3. The van der Waals surface area contributed by atoms with Gasteiger partial charge in [-0.1, -0.05) is 0 Å². The Morgan fingerprint density at radius 1 is 1.64 bits per heavy atom. The molecule has 1 heterocycles. The van der Waals surface area contributed by atoms with Crippen LogP contribution in [0.25, 0.3) is 0 Å². The van der Waals surface area contributed by atoms with E-state index in [9.17, 15) is 4.79 Å². The molecule has 0 aliphatic heterocycles. The molecule has 0 aromatic carbocycles. The van der Waals surface area contributed by atoms with Crippen LogP contribution in [0.3, 0.4) is 0 Å². The Balaban J connectivity index is 3.00. The molecule has 1 aromatic heterocycles. The molecule has 0 bridgehead atoms. The molecule has 3 nitrogen and oxygen atoms in total. The SMILES string of the molecule is CC(=O)C(C)(C)c1ncco1. The van der Waals surface area contributed by atoms with E-state index in [0.717, 1.165) is 0 Å². The van der Waals surface area contributed by atoms with Gasteiger partial charge in [0.05, 0.1) is 11.6 Å². The fourth-order valence-electron chi connectivity index (χ4n) is 0.683. The Bertz CT molecular complexity index is 249. The van der Waals surface area contributed by atoms with E-state index < -0.39 is 5.41 Å². The van der Waals surface area contributed by atoms with Crippen LogP contribution in [0.15, 0.2) is 16.9 Å². The summed E-state index contributed by atoms with van der Waals surface area (Å²) in [5.74, 6) is 0.532. The molecule has 0 saturated carbocycles. The first kappa shape index (κ1) is 7.98. The van der Waals surface area contributed by atoms with Crippen LogP contribution in [0.5, 0.6) is 0 Å². The number of hydrogen-bond acceptors (Lipinski definition) is 3. The van der Waals surface area contributed by atoms with E-state index in [1.165, 1.54) is 13.2 Å². The fourth-order valence-corrected chi connectivity index (χ4v) is 0.683. The van der Waals surface area contributed by atoms with Crippen molar-refractivity contribution in [3.05, 3.63) is 18.4 Å². The molecule has 0 aliphatic rings. The number of nitrogens with zero attached hydrogens (tertiary/aromatic N) is 1. The third-order valence-corrected chi connectivity index (χ3v) is 1.85. The zero-order valence-electron chi connectivity index (χ0n) is 6.92. The first-order valence-corrected chi connectivity index (χ1v) is 3.46. The molecule has 1 rings (SSSR count). The smallest absolute Gasteiger partial charge is 0.207 e. The second-order valence-corrected chi connectivity index (χ2v) is 3.02. The summed E-state index contributed by atoms with van der Waals surface area (Å²) in [6, 6.07) is 0. The van der Waals surface area contributed by atoms with Crippen LogP contribution in [-0.4, -0.2) is 10.8 Å². The molecule has 0 amide bonds. The molecule has 0 unspecified atom stereocenters. The van der Waals surface area contributed by atoms with Crippen molar-refractivity contribution >= 4 is 5.78 Å². The van der Waals surface area contributed by atoms with Crippen LogP contribution >= 0.6 is 0 Å². The van der Waals surface area contributed by atoms with E-state index in [4.69, 9.17) is 4.42 Å². The van der Waals surface area contributed by atoms with E-state index in [2.05, 4.69) is 4.98 Å². The Labute approximate surface area is 65.4 Å². The lowest BCUT2D eigenvalue weighted by Gasteiger charge is -2.15. The van der Waals surface area contributed by atoms with Gasteiger partial charge in [-0.05, 0) is 20.8 Å². The summed E-state index contributed by atoms with van der Waals surface area (Å²) in [4.78, 5) is 15.0. The second-order valence-electron chi connectivity index (χ2n) is 3.02. The lowest BCUT2D eigenvalue weighted by molar-refractivity contribution is -0.122. The summed E-state index contributed by atoms with van der Waals surface area (Å²) in [5.41, 5.74) is -0.594. The van der Waals surface area contributed by atoms with E-state index in [1.54, 1.807) is 20.0 Å². The molecular weight excluding hydrogens is 142 g/mol. The first-order valence-electron chi connectivity index (χ1n) is 3.46. The minimum atomic E-state index is -0.594. The lowest BCUT2D eigenvalue weighted by Crippen LogP contribution is -2.26. The lowest BCUT2D eigenvalue weighted by atomic mass is 9.89. The van der Waals surface area contributed by atoms with Crippen LogP contribution in [0, 0.1) is 0 Å². The predicted octanol–water partition coefficient (Wildman–Crippen LogP) is 1.54. The summed E-state index contributed by atoms with van der Waals surface area (Å²) in [6.45, 7) is 5.12. The number of oxazole rings is 1. The Kier molecular flexibility index (Phi) is 1.81. The zero-order chi connectivity index (χ0) is 8.48. The van der Waals surface area contributed by atoms with Gasteiger partial charge in [-0.25, -0.2) is 4.98 Å². The molecular formula is C8H11NO2. The van der Waals surface area contributed by atoms with Gasteiger partial charge in [0.25, 0.3) is 0 Å². The number of hydrogen-bond donors (Lipinski definition) is 0. The summed E-state index contributed by atoms with van der Waals surface area (Å²) in [5, 5.41) is 0. The predicted molar refractivity (Wildman–Crippen MR) is 40.2 cm³/mol. The van der Waals surface area contributed by atoms with Gasteiger partial charge in [0, 0.05) is 0 Å². The maximum atomic E-state index is 11.1. The van der Waals surface area contributed by atoms with Crippen LogP contribution in [0.2, 0.25) is 0 Å². The average Bonchev–Trinajstić information content (AvgIpc) is 2.37. The monoisotopic (exact) mass is 153 g/mol. The van der Waals surface area contributed by atoms with Gasteiger partial charge in [0.2, 0.25) is 5.89 Å². The van der Waals surface area contributed by atoms with Gasteiger partial charge in [0.15, 0.2) is 0 Å². The number of aromatic nitrogens is 1. The van der Waals surface area contributed by atoms with Crippen molar-refractivity contribution in [3.8, 4) is 0 Å². The molecule has 60 valence electrons. The Morgan fingerprint density at radius 2 is 2.27 bits per heavy atom. The maximum absolute atomic E-state index is 11.1. The summed E-state index contributed by atoms with van der Waals surface area (Å²) in [6.07, 6.45) is 3.01. The van der Waals surface area contributed by atoms with Crippen molar-refractivity contribution in [1.82, 2.24) is 4.98 Å². The molecule has 0 spiro atoms. The van der Waals surface area contributed by atoms with Gasteiger partial charge in [-0.2, -0.15) is 0 Å². The van der Waals surface area contributed by atoms with Crippen molar-refractivity contribution < 1.29 is 9.21 Å². The molecule has 11 heavy (non-hydrogen) atoms. The number of ketones is 1. The van der Waals surface area contributed by atoms with E-state index in [-0.39, 0.29) is 5.78 Å². The summed E-state index contributed by atoms with van der Waals surface area (Å²) in [7, 11) is 0. The largest absolute Gasteiger partial charge is 0.448 e. The molecule has 0 fully saturated rings. The standard InChI is InChI=1S/C8H11NO2/c1-6(10)8(2,3)7-9-4-5-11-7/h4-5H,1-3H3. The van der Waals surface area contributed by atoms with E-state index >= 15 is 0 Å². The minimum Gasteiger partial charge on any atom is -0.448 e. The zero-order valence-corrected chi connectivity index (χ0v) is 6.92. The maximum Gasteiger partial charge on any atom is 0.207 e. The Hall–Kier alpha value is -1.12. The molecule has 3 heteroatoms. The summed E-state index contributed by atoms with van der Waals surface area (Å²) >= 11 is 0. The van der Waals surface area contributed by atoms with Gasteiger partial charge >= 0.3 is 0 Å². The van der Waals surface area contributed by atoms with Crippen LogP contribution in [-0.2, 0) is 10.2 Å². The highest BCUT2D eigenvalue weighted by Crippen LogP contribution is 2.21. The third kappa shape index (κ3) is 1.31. The quantitative estimate of drug-likeness (QED) is 0.647. The molecule has 0 atom stereocenters. The number of Topliss-reactive ketones (excluding diaryl/α,β-unsaturated/α-hetero) is 1. The third-order valence-electron chi connectivity index (χ3n) is 1.85. The number of rotatable bonds is 2. The van der Waals surface area contributed by atoms with Crippen LogP contribution in [0.4, 0.5) is 0 Å². The van der Waals surface area contributed by atoms with Gasteiger partial charge < -0.3 is 4.42 Å². The van der Waals surface area contributed by atoms with Crippen LogP contribution < -0.4 is 0 Å². The number of carbonyl (C=O) groups excluding carboxylic acids is 1. The van der Waals surface area contributed by atoms with Crippen molar-refractivity contribution in [2.45, 2.75) is 26.2 Å². The molecule has 0 radical (unpaired) electrons. The first-order chi connectivity index (χ1) is 5.05. The Morgan fingerprint density at radius 3 is 2.64 bits per heavy atom. The molecule has 1 aromatic rings. The second kappa shape index (κ2) is 2.49. The van der Waals surface area contributed by atoms with Crippen LogP contribution in [0.1, 0.15) is 26.7 Å².